The lowest BCUT2D eigenvalue weighted by atomic mass is 10.2. The van der Waals surface area contributed by atoms with Gasteiger partial charge in [0.1, 0.15) is 27.7 Å². The zero-order valence-corrected chi connectivity index (χ0v) is 13.5. The summed E-state index contributed by atoms with van der Waals surface area (Å²) < 4.78 is 26.4. The zero-order chi connectivity index (χ0) is 18.0. The number of benzene rings is 2. The van der Waals surface area contributed by atoms with Crippen LogP contribution in [-0.2, 0) is 9.59 Å². The number of hydrogen-bond acceptors (Lipinski definition) is 4. The summed E-state index contributed by atoms with van der Waals surface area (Å²) in [6.45, 7) is 0. The number of carbonyl (C=O) groups is 2. The van der Waals surface area contributed by atoms with E-state index in [1.807, 2.05) is 0 Å². The smallest absolute Gasteiger partial charge is 0.260 e. The third-order valence-electron chi connectivity index (χ3n) is 3.43. The summed E-state index contributed by atoms with van der Waals surface area (Å²) in [5, 5.41) is 11.3. The van der Waals surface area contributed by atoms with Crippen LogP contribution in [0.2, 0.25) is 0 Å². The number of phenolic OH excluding ortho intramolecular Hbond substituents is 1. The monoisotopic (exact) mass is 362 g/mol. The molecule has 1 atom stereocenters. The van der Waals surface area contributed by atoms with Gasteiger partial charge in [-0.15, -0.1) is 0 Å². The Kier molecular flexibility index (Phi) is 4.80. The topological polar surface area (TPSA) is 78.8 Å². The number of nitrogens with one attached hydrogen (secondary N) is 1. The molecule has 0 bridgehead atoms. The molecule has 0 fully saturated rings. The quantitative estimate of drug-likeness (QED) is 0.876. The predicted octanol–water partition coefficient (Wildman–Crippen LogP) is 3.09. The van der Waals surface area contributed by atoms with Gasteiger partial charge in [-0.05, 0) is 36.4 Å². The maximum absolute atomic E-state index is 13.5. The van der Waals surface area contributed by atoms with Crippen LogP contribution in [0.15, 0.2) is 47.5 Å². The van der Waals surface area contributed by atoms with Crippen molar-refractivity contribution in [2.75, 3.05) is 5.32 Å². The van der Waals surface area contributed by atoms with E-state index in [1.54, 1.807) is 12.1 Å². The number of aliphatic imine (C=N–C) groups is 1. The van der Waals surface area contributed by atoms with Crippen molar-refractivity contribution in [1.82, 2.24) is 0 Å². The van der Waals surface area contributed by atoms with Gasteiger partial charge >= 0.3 is 0 Å². The van der Waals surface area contributed by atoms with Crippen LogP contribution in [0.4, 0.5) is 14.5 Å². The molecule has 1 aliphatic rings. The van der Waals surface area contributed by atoms with Crippen LogP contribution in [0.3, 0.4) is 0 Å². The molecule has 0 unspecified atom stereocenters. The van der Waals surface area contributed by atoms with Crippen molar-refractivity contribution in [1.29, 1.82) is 0 Å². The lowest BCUT2D eigenvalue weighted by molar-refractivity contribution is -0.121. The Labute approximate surface area is 145 Å². The summed E-state index contributed by atoms with van der Waals surface area (Å²) >= 11 is 1.13. The van der Waals surface area contributed by atoms with Gasteiger partial charge in [0.15, 0.2) is 0 Å². The Morgan fingerprint density at radius 3 is 2.60 bits per heavy atom. The van der Waals surface area contributed by atoms with Crippen molar-refractivity contribution in [3.63, 3.8) is 0 Å². The Morgan fingerprint density at radius 1 is 1.20 bits per heavy atom. The third kappa shape index (κ3) is 4.03. The average molecular weight is 362 g/mol. The molecule has 0 saturated heterocycles. The van der Waals surface area contributed by atoms with Gasteiger partial charge < -0.3 is 10.4 Å². The van der Waals surface area contributed by atoms with Gasteiger partial charge in [0.05, 0.1) is 5.69 Å². The molecule has 8 heteroatoms. The van der Waals surface area contributed by atoms with E-state index in [1.165, 1.54) is 12.1 Å². The molecule has 2 N–H and O–H groups in total. The minimum absolute atomic E-state index is 0.0934. The van der Waals surface area contributed by atoms with E-state index in [0.29, 0.717) is 16.7 Å². The molecule has 2 aromatic rings. The second-order valence-corrected chi connectivity index (χ2v) is 6.48. The molecular weight excluding hydrogens is 350 g/mol. The molecule has 1 aliphatic heterocycles. The molecule has 0 spiro atoms. The van der Waals surface area contributed by atoms with E-state index >= 15 is 0 Å². The number of phenols is 1. The second-order valence-electron chi connectivity index (χ2n) is 5.29. The van der Waals surface area contributed by atoms with Gasteiger partial charge in [0.2, 0.25) is 5.91 Å². The first-order valence-electron chi connectivity index (χ1n) is 7.26. The number of anilines is 1. The van der Waals surface area contributed by atoms with Crippen LogP contribution >= 0.6 is 11.8 Å². The van der Waals surface area contributed by atoms with E-state index in [-0.39, 0.29) is 17.9 Å². The van der Waals surface area contributed by atoms with Crippen molar-refractivity contribution in [3.8, 4) is 5.75 Å². The SMILES string of the molecule is O=C(C[C@@H]1SC(c2ccc(O)cc2)=NC1=O)Nc1ccc(F)cc1F. The standard InChI is InChI=1S/C17H12F2N2O3S/c18-10-3-6-13(12(19)7-10)20-15(23)8-14-16(24)21-17(25-14)9-1-4-11(22)5-2-9/h1-7,14,22H,8H2,(H,20,23)/t14-/m0/s1. The Balaban J connectivity index is 1.63. The number of hydrogen-bond donors (Lipinski definition) is 2. The molecule has 0 radical (unpaired) electrons. The Bertz CT molecular complexity index is 869. The van der Waals surface area contributed by atoms with Gasteiger partial charge in [-0.2, -0.15) is 0 Å². The molecule has 2 aromatic carbocycles. The summed E-state index contributed by atoms with van der Waals surface area (Å²) in [5.41, 5.74) is 0.505. The molecule has 25 heavy (non-hydrogen) atoms. The number of aromatic hydroxyl groups is 1. The molecular formula is C17H12F2N2O3S. The van der Waals surface area contributed by atoms with Crippen LogP contribution < -0.4 is 5.32 Å². The highest BCUT2D eigenvalue weighted by Crippen LogP contribution is 2.30. The molecule has 5 nitrogen and oxygen atoms in total. The van der Waals surface area contributed by atoms with Crippen molar-refractivity contribution >= 4 is 34.3 Å². The van der Waals surface area contributed by atoms with Gasteiger partial charge in [-0.3, -0.25) is 9.59 Å². The molecule has 2 amide bonds. The van der Waals surface area contributed by atoms with Gasteiger partial charge in [0, 0.05) is 18.1 Å². The molecule has 0 aromatic heterocycles. The van der Waals surface area contributed by atoms with E-state index in [0.717, 1.165) is 23.9 Å². The van der Waals surface area contributed by atoms with Crippen molar-refractivity contribution in [3.05, 3.63) is 59.7 Å². The van der Waals surface area contributed by atoms with Crippen LogP contribution in [-0.4, -0.2) is 27.2 Å². The fraction of sp³-hybridized carbons (Fsp3) is 0.118. The van der Waals surface area contributed by atoms with Crippen molar-refractivity contribution in [2.24, 2.45) is 4.99 Å². The highest BCUT2D eigenvalue weighted by Gasteiger charge is 2.31. The summed E-state index contributed by atoms with van der Waals surface area (Å²) in [6, 6.07) is 8.98. The normalized spacial score (nSPS) is 16.6. The highest BCUT2D eigenvalue weighted by molar-refractivity contribution is 8.16. The number of halogens is 2. The predicted molar refractivity (Wildman–Crippen MR) is 90.6 cm³/mol. The first-order chi connectivity index (χ1) is 11.9. The Morgan fingerprint density at radius 2 is 1.92 bits per heavy atom. The average Bonchev–Trinajstić information content (AvgIpc) is 2.91. The molecule has 128 valence electrons. The number of nitrogens with zero attached hydrogens (tertiary/aromatic N) is 1. The minimum Gasteiger partial charge on any atom is -0.508 e. The van der Waals surface area contributed by atoms with E-state index in [4.69, 9.17) is 0 Å². The van der Waals surface area contributed by atoms with Crippen molar-refractivity contribution in [2.45, 2.75) is 11.7 Å². The van der Waals surface area contributed by atoms with E-state index in [9.17, 15) is 23.5 Å². The Hall–Kier alpha value is -2.74. The maximum atomic E-state index is 13.5. The fourth-order valence-corrected chi connectivity index (χ4v) is 3.28. The highest BCUT2D eigenvalue weighted by atomic mass is 32.2. The van der Waals surface area contributed by atoms with Crippen LogP contribution in [0.25, 0.3) is 0 Å². The first kappa shape index (κ1) is 17.1. The first-order valence-corrected chi connectivity index (χ1v) is 8.14. The number of amides is 2. The number of carbonyl (C=O) groups excluding carboxylic acids is 2. The van der Waals surface area contributed by atoms with Crippen LogP contribution in [0.1, 0.15) is 12.0 Å². The lowest BCUT2D eigenvalue weighted by Gasteiger charge is -2.09. The molecule has 1 heterocycles. The molecule has 0 saturated carbocycles. The summed E-state index contributed by atoms with van der Waals surface area (Å²) in [6.07, 6.45) is -0.189. The van der Waals surface area contributed by atoms with Gasteiger partial charge in [-0.25, -0.2) is 13.8 Å². The van der Waals surface area contributed by atoms with Crippen LogP contribution in [0, 0.1) is 11.6 Å². The van der Waals surface area contributed by atoms with E-state index < -0.39 is 28.7 Å². The summed E-state index contributed by atoms with van der Waals surface area (Å²) in [5.74, 6) is -2.57. The van der Waals surface area contributed by atoms with E-state index in [2.05, 4.69) is 10.3 Å². The molecule has 0 aliphatic carbocycles. The zero-order valence-electron chi connectivity index (χ0n) is 12.7. The second kappa shape index (κ2) is 7.02. The maximum Gasteiger partial charge on any atom is 0.260 e. The lowest BCUT2D eigenvalue weighted by Crippen LogP contribution is -2.21. The summed E-state index contributed by atoms with van der Waals surface area (Å²) in [7, 11) is 0. The van der Waals surface area contributed by atoms with Gasteiger partial charge in [0.25, 0.3) is 5.91 Å². The van der Waals surface area contributed by atoms with Crippen LogP contribution in [0.5, 0.6) is 5.75 Å². The largest absolute Gasteiger partial charge is 0.508 e. The van der Waals surface area contributed by atoms with Crippen molar-refractivity contribution < 1.29 is 23.5 Å². The fourth-order valence-electron chi connectivity index (χ4n) is 2.21. The number of thioether (sulfide) groups is 1. The summed E-state index contributed by atoms with van der Waals surface area (Å²) in [4.78, 5) is 27.9. The molecule has 3 rings (SSSR count). The van der Waals surface area contributed by atoms with Gasteiger partial charge in [-0.1, -0.05) is 11.8 Å². The number of rotatable bonds is 4. The minimum atomic E-state index is -0.889. The third-order valence-corrected chi connectivity index (χ3v) is 4.63.